The largest absolute Gasteiger partial charge is 0.493 e. The van der Waals surface area contributed by atoms with E-state index in [-0.39, 0.29) is 24.8 Å². The van der Waals surface area contributed by atoms with Crippen molar-refractivity contribution in [2.45, 2.75) is 44.6 Å². The highest BCUT2D eigenvalue weighted by molar-refractivity contribution is 7.14. The van der Waals surface area contributed by atoms with Crippen LogP contribution in [0.5, 0.6) is 11.5 Å². The lowest BCUT2D eigenvalue weighted by Crippen LogP contribution is -2.40. The van der Waals surface area contributed by atoms with Gasteiger partial charge in [-0.15, -0.1) is 23.7 Å². The van der Waals surface area contributed by atoms with Crippen molar-refractivity contribution >= 4 is 41.1 Å². The van der Waals surface area contributed by atoms with Crippen molar-refractivity contribution in [1.82, 2.24) is 0 Å². The normalized spacial score (nSPS) is 12.8. The molecule has 0 unspecified atom stereocenters. The Kier molecular flexibility index (Phi) is 10.4. The second-order valence-electron chi connectivity index (χ2n) is 7.16. The summed E-state index contributed by atoms with van der Waals surface area (Å²) in [6.45, 7) is 1.71. The maximum absolute atomic E-state index is 12.5. The van der Waals surface area contributed by atoms with E-state index < -0.39 is 5.54 Å². The van der Waals surface area contributed by atoms with Crippen LogP contribution in [-0.4, -0.2) is 37.3 Å². The van der Waals surface area contributed by atoms with E-state index >= 15 is 0 Å². The Bertz CT molecular complexity index is 808. The van der Waals surface area contributed by atoms with Crippen LogP contribution in [-0.2, 0) is 12.8 Å². The zero-order valence-corrected chi connectivity index (χ0v) is 19.4. The number of hydrogen-bond donors (Lipinski definition) is 2. The molecule has 5 nitrogen and oxygen atoms in total. The predicted molar refractivity (Wildman–Crippen MR) is 121 cm³/mol. The van der Waals surface area contributed by atoms with Gasteiger partial charge < -0.3 is 20.3 Å². The van der Waals surface area contributed by atoms with Crippen LogP contribution in [0.4, 0.5) is 0 Å². The van der Waals surface area contributed by atoms with Gasteiger partial charge in [-0.1, -0.05) is 17.7 Å². The number of carbonyl (C=O) groups is 1. The zero-order chi connectivity index (χ0) is 20.7. The third kappa shape index (κ3) is 7.46. The highest BCUT2D eigenvalue weighted by Gasteiger charge is 2.20. The number of rotatable bonds is 11. The molecule has 0 bridgehead atoms. The molecule has 0 aliphatic carbocycles. The smallest absolute Gasteiger partial charge is 0.172 e. The molecule has 0 fully saturated rings. The third-order valence-corrected chi connectivity index (χ3v) is 6.32. The van der Waals surface area contributed by atoms with E-state index in [2.05, 4.69) is 0 Å². The van der Waals surface area contributed by atoms with Gasteiger partial charge in [0, 0.05) is 16.8 Å². The number of hydrogen-bond acceptors (Lipinski definition) is 6. The number of Topliss-reactive ketones (excluding diaryl/α,β-unsaturated/α-hetero) is 1. The van der Waals surface area contributed by atoms with Gasteiger partial charge in [0.2, 0.25) is 0 Å². The summed E-state index contributed by atoms with van der Waals surface area (Å²) in [6, 6.07) is 7.54. The van der Waals surface area contributed by atoms with Gasteiger partial charge in [0.05, 0.1) is 30.7 Å². The van der Waals surface area contributed by atoms with Gasteiger partial charge >= 0.3 is 0 Å². The molecule has 1 heterocycles. The maximum atomic E-state index is 12.5. The molecule has 2 aromatic rings. The molecule has 8 heteroatoms. The van der Waals surface area contributed by atoms with Crippen LogP contribution >= 0.6 is 35.3 Å². The Morgan fingerprint density at radius 3 is 2.52 bits per heavy atom. The van der Waals surface area contributed by atoms with E-state index in [9.17, 15) is 9.90 Å². The molecule has 1 atom stereocenters. The number of aryl methyl sites for hydroxylation is 2. The minimum absolute atomic E-state index is 0. The van der Waals surface area contributed by atoms with E-state index in [1.807, 2.05) is 18.2 Å². The third-order valence-electron chi connectivity index (χ3n) is 4.63. The van der Waals surface area contributed by atoms with Crippen LogP contribution in [0.2, 0.25) is 5.02 Å². The van der Waals surface area contributed by atoms with Gasteiger partial charge in [-0.3, -0.25) is 4.79 Å². The van der Waals surface area contributed by atoms with Crippen LogP contribution in [0, 0.1) is 0 Å². The molecule has 0 amide bonds. The number of aliphatic hydroxyl groups excluding tert-OH is 1. The summed E-state index contributed by atoms with van der Waals surface area (Å²) in [6.07, 6.45) is 3.23. The minimum Gasteiger partial charge on any atom is -0.493 e. The molecule has 0 aliphatic heterocycles. The molecule has 1 aromatic carbocycles. The molecular formula is C21H29Cl2NO4S. The summed E-state index contributed by atoms with van der Waals surface area (Å²) in [5.41, 5.74) is 6.42. The van der Waals surface area contributed by atoms with Crippen LogP contribution in [0.15, 0.2) is 24.3 Å². The van der Waals surface area contributed by atoms with Gasteiger partial charge in [0.25, 0.3) is 0 Å². The number of nitrogens with two attached hydrogens (primary N) is 1. The fourth-order valence-electron chi connectivity index (χ4n) is 2.80. The number of ether oxygens (including phenoxy) is 2. The lowest BCUT2D eigenvalue weighted by atomic mass is 9.98. The number of aliphatic hydroxyl groups is 1. The molecule has 1 aromatic heterocycles. The number of halogens is 2. The predicted octanol–water partition coefficient (Wildman–Crippen LogP) is 4.69. The second-order valence-corrected chi connectivity index (χ2v) is 8.70. The summed E-state index contributed by atoms with van der Waals surface area (Å²) >= 11 is 7.70. The quantitative estimate of drug-likeness (QED) is 0.474. The number of carbonyl (C=O) groups excluding carboxylic acids is 1. The standard InChI is InChI=1S/C21H28ClNO4S.ClH/c1-21(23,13-24)10-9-19-15(22)12-20(28-19)16(25)6-4-5-14-7-8-17(26-2)18(11-14)27-3;/h7-8,11-12,24H,4-6,9-10,13,23H2,1-3H3;1H/t21-;/m1./s1. The number of thiophene rings is 1. The van der Waals surface area contributed by atoms with Crippen LogP contribution in [0.3, 0.4) is 0 Å². The Morgan fingerprint density at radius 2 is 1.90 bits per heavy atom. The molecule has 29 heavy (non-hydrogen) atoms. The van der Waals surface area contributed by atoms with E-state index in [0.717, 1.165) is 23.3 Å². The average molecular weight is 462 g/mol. The summed E-state index contributed by atoms with van der Waals surface area (Å²) in [5.74, 6) is 1.48. The monoisotopic (exact) mass is 461 g/mol. The Morgan fingerprint density at radius 1 is 1.21 bits per heavy atom. The minimum atomic E-state index is -0.642. The topological polar surface area (TPSA) is 81.8 Å². The summed E-state index contributed by atoms with van der Waals surface area (Å²) in [4.78, 5) is 14.1. The Hall–Kier alpha value is -1.31. The van der Waals surface area contributed by atoms with Gasteiger partial charge in [-0.25, -0.2) is 0 Å². The van der Waals surface area contributed by atoms with Crippen LogP contribution < -0.4 is 15.2 Å². The van der Waals surface area contributed by atoms with Crippen molar-refractivity contribution < 1.29 is 19.4 Å². The first-order valence-corrected chi connectivity index (χ1v) is 10.4. The van der Waals surface area contributed by atoms with Crippen molar-refractivity contribution in [3.05, 3.63) is 44.6 Å². The molecule has 0 saturated heterocycles. The van der Waals surface area contributed by atoms with Crippen molar-refractivity contribution in [3.8, 4) is 11.5 Å². The fraction of sp³-hybridized carbons (Fsp3) is 0.476. The number of methoxy groups -OCH3 is 2. The zero-order valence-electron chi connectivity index (χ0n) is 17.0. The first-order valence-electron chi connectivity index (χ1n) is 9.21. The maximum Gasteiger partial charge on any atom is 0.172 e. The second kappa shape index (κ2) is 11.8. The molecule has 2 rings (SSSR count). The van der Waals surface area contributed by atoms with Crippen LogP contribution in [0.1, 0.15) is 46.3 Å². The van der Waals surface area contributed by atoms with E-state index in [1.54, 1.807) is 27.2 Å². The fourth-order valence-corrected chi connectivity index (χ4v) is 4.21. The molecule has 3 N–H and O–H groups in total. The average Bonchev–Trinajstić information content (AvgIpc) is 3.07. The SMILES string of the molecule is COc1ccc(CCCC(=O)c2cc(Cl)c(CC[C@@](C)(N)CO)s2)cc1OC.Cl. The van der Waals surface area contributed by atoms with Gasteiger partial charge in [-0.2, -0.15) is 0 Å². The summed E-state index contributed by atoms with van der Waals surface area (Å²) < 4.78 is 10.6. The molecule has 0 radical (unpaired) electrons. The lowest BCUT2D eigenvalue weighted by molar-refractivity contribution is 0.0984. The van der Waals surface area contributed by atoms with Crippen molar-refractivity contribution in [2.24, 2.45) is 5.73 Å². The van der Waals surface area contributed by atoms with Gasteiger partial charge in [-0.05, 0) is 56.4 Å². The van der Waals surface area contributed by atoms with Gasteiger partial charge in [0.1, 0.15) is 0 Å². The highest BCUT2D eigenvalue weighted by Crippen LogP contribution is 2.31. The van der Waals surface area contributed by atoms with E-state index in [4.69, 9.17) is 26.8 Å². The molecule has 162 valence electrons. The molecule has 0 spiro atoms. The summed E-state index contributed by atoms with van der Waals surface area (Å²) in [7, 11) is 3.21. The molecule has 0 aliphatic rings. The number of benzene rings is 1. The van der Waals surface area contributed by atoms with Crippen molar-refractivity contribution in [3.63, 3.8) is 0 Å². The first kappa shape index (κ1) is 25.7. The van der Waals surface area contributed by atoms with E-state index in [1.165, 1.54) is 11.3 Å². The molecular weight excluding hydrogens is 433 g/mol. The van der Waals surface area contributed by atoms with Crippen molar-refractivity contribution in [1.29, 1.82) is 0 Å². The van der Waals surface area contributed by atoms with E-state index in [0.29, 0.717) is 40.7 Å². The van der Waals surface area contributed by atoms with Gasteiger partial charge in [0.15, 0.2) is 17.3 Å². The van der Waals surface area contributed by atoms with Crippen molar-refractivity contribution in [2.75, 3.05) is 20.8 Å². The first-order chi connectivity index (χ1) is 13.3. The van der Waals surface area contributed by atoms with Crippen LogP contribution in [0.25, 0.3) is 0 Å². The summed E-state index contributed by atoms with van der Waals surface area (Å²) in [5, 5.41) is 9.86. The number of ketones is 1. The molecule has 0 saturated carbocycles. The lowest BCUT2D eigenvalue weighted by Gasteiger charge is -2.20. The Labute approximate surface area is 187 Å². The highest BCUT2D eigenvalue weighted by atomic mass is 35.5. The Balaban J connectivity index is 0.00000420.